The SMILES string of the molecule is CC(CCC(=O)OCCO)(C1CCC(O)CC1)C1CCC(O)CC1. The smallest absolute Gasteiger partial charge is 0.305 e. The third-order valence-electron chi connectivity index (χ3n) is 6.48. The first-order valence-corrected chi connectivity index (χ1v) is 9.58. The fourth-order valence-corrected chi connectivity index (χ4v) is 4.82. The van der Waals surface area contributed by atoms with Gasteiger partial charge in [0.05, 0.1) is 18.8 Å². The summed E-state index contributed by atoms with van der Waals surface area (Å²) in [6.45, 7) is 2.24. The first kappa shape index (κ1) is 19.7. The lowest BCUT2D eigenvalue weighted by molar-refractivity contribution is -0.146. The van der Waals surface area contributed by atoms with Crippen molar-refractivity contribution in [1.29, 1.82) is 0 Å². The molecule has 0 radical (unpaired) electrons. The Hall–Kier alpha value is -0.650. The molecule has 0 aromatic carbocycles. The third kappa shape index (κ3) is 5.17. The second kappa shape index (κ2) is 9.16. The van der Waals surface area contributed by atoms with Gasteiger partial charge in [0.15, 0.2) is 0 Å². The highest BCUT2D eigenvalue weighted by Gasteiger charge is 2.43. The Balaban J connectivity index is 2.01. The Labute approximate surface area is 145 Å². The fraction of sp³-hybridized carbons (Fsp3) is 0.947. The van der Waals surface area contributed by atoms with Gasteiger partial charge in [0.2, 0.25) is 0 Å². The molecular formula is C19H34O5. The Morgan fingerprint density at radius 2 is 1.42 bits per heavy atom. The second-order valence-electron chi connectivity index (χ2n) is 7.96. The van der Waals surface area contributed by atoms with Crippen LogP contribution >= 0.6 is 0 Å². The van der Waals surface area contributed by atoms with Gasteiger partial charge < -0.3 is 20.1 Å². The van der Waals surface area contributed by atoms with Gasteiger partial charge in [-0.05, 0) is 75.0 Å². The maximum atomic E-state index is 11.9. The summed E-state index contributed by atoms with van der Waals surface area (Å²) in [6.07, 6.45) is 8.30. The van der Waals surface area contributed by atoms with Crippen molar-refractivity contribution in [2.24, 2.45) is 17.3 Å². The molecule has 3 N–H and O–H groups in total. The number of aliphatic hydroxyl groups is 3. The van der Waals surface area contributed by atoms with E-state index < -0.39 is 0 Å². The van der Waals surface area contributed by atoms with Gasteiger partial charge in [0.25, 0.3) is 0 Å². The molecule has 2 aliphatic carbocycles. The molecule has 0 spiro atoms. The van der Waals surface area contributed by atoms with Crippen molar-refractivity contribution in [3.63, 3.8) is 0 Å². The number of rotatable bonds is 7. The zero-order valence-electron chi connectivity index (χ0n) is 15.0. The standard InChI is InChI=1S/C19H34O5/c1-19(11-10-18(23)24-13-12-20,14-2-6-16(21)7-3-14)15-4-8-17(22)9-5-15/h14-17,20-22H,2-13H2,1H3. The van der Waals surface area contributed by atoms with Crippen LogP contribution in [0.2, 0.25) is 0 Å². The average Bonchev–Trinajstić information content (AvgIpc) is 2.59. The first-order valence-electron chi connectivity index (χ1n) is 9.58. The predicted octanol–water partition coefficient (Wildman–Crippen LogP) is 2.41. The highest BCUT2D eigenvalue weighted by molar-refractivity contribution is 5.69. The van der Waals surface area contributed by atoms with Gasteiger partial charge in [-0.2, -0.15) is 0 Å². The van der Waals surface area contributed by atoms with Crippen LogP contribution in [0, 0.1) is 17.3 Å². The van der Waals surface area contributed by atoms with Gasteiger partial charge in [0, 0.05) is 6.42 Å². The molecule has 5 nitrogen and oxygen atoms in total. The molecule has 5 heteroatoms. The molecular weight excluding hydrogens is 308 g/mol. The van der Waals surface area contributed by atoms with E-state index >= 15 is 0 Å². The third-order valence-corrected chi connectivity index (χ3v) is 6.48. The highest BCUT2D eigenvalue weighted by atomic mass is 16.5. The maximum absolute atomic E-state index is 11.9. The van der Waals surface area contributed by atoms with Crippen LogP contribution in [-0.2, 0) is 9.53 Å². The minimum absolute atomic E-state index is 0.0541. The van der Waals surface area contributed by atoms with E-state index in [0.29, 0.717) is 18.3 Å². The number of ether oxygens (including phenoxy) is 1. The summed E-state index contributed by atoms with van der Waals surface area (Å²) in [4.78, 5) is 11.9. The van der Waals surface area contributed by atoms with Crippen LogP contribution in [0.15, 0.2) is 0 Å². The molecule has 0 bridgehead atoms. The molecule has 2 aliphatic rings. The van der Waals surface area contributed by atoms with Crippen molar-refractivity contribution < 1.29 is 24.9 Å². The monoisotopic (exact) mass is 342 g/mol. The number of carbonyl (C=O) groups excluding carboxylic acids is 1. The zero-order valence-corrected chi connectivity index (χ0v) is 15.0. The molecule has 140 valence electrons. The molecule has 24 heavy (non-hydrogen) atoms. The van der Waals surface area contributed by atoms with Crippen LogP contribution in [0.3, 0.4) is 0 Å². The lowest BCUT2D eigenvalue weighted by Crippen LogP contribution is -2.41. The topological polar surface area (TPSA) is 87.0 Å². The number of hydrogen-bond acceptors (Lipinski definition) is 5. The molecule has 0 amide bonds. The summed E-state index contributed by atoms with van der Waals surface area (Å²) in [6, 6.07) is 0. The summed E-state index contributed by atoms with van der Waals surface area (Å²) < 4.78 is 5.03. The predicted molar refractivity (Wildman–Crippen MR) is 91.3 cm³/mol. The van der Waals surface area contributed by atoms with E-state index in [4.69, 9.17) is 9.84 Å². The first-order chi connectivity index (χ1) is 11.5. The van der Waals surface area contributed by atoms with Gasteiger partial charge in [-0.1, -0.05) is 6.92 Å². The molecule has 0 aromatic rings. The van der Waals surface area contributed by atoms with Crippen molar-refractivity contribution in [1.82, 2.24) is 0 Å². The molecule has 0 aromatic heterocycles. The van der Waals surface area contributed by atoms with E-state index in [1.165, 1.54) is 0 Å². The van der Waals surface area contributed by atoms with E-state index in [1.54, 1.807) is 0 Å². The minimum atomic E-state index is -0.234. The fourth-order valence-electron chi connectivity index (χ4n) is 4.82. The van der Waals surface area contributed by atoms with E-state index in [9.17, 15) is 15.0 Å². The van der Waals surface area contributed by atoms with Crippen LogP contribution in [0.5, 0.6) is 0 Å². The molecule has 2 rings (SSSR count). The van der Waals surface area contributed by atoms with Crippen molar-refractivity contribution in [3.8, 4) is 0 Å². The molecule has 0 aliphatic heterocycles. The van der Waals surface area contributed by atoms with Crippen molar-refractivity contribution in [2.45, 2.75) is 83.3 Å². The zero-order chi connectivity index (χ0) is 17.6. The van der Waals surface area contributed by atoms with Crippen LogP contribution in [0.1, 0.15) is 71.1 Å². The van der Waals surface area contributed by atoms with E-state index in [-0.39, 0.29) is 36.8 Å². The van der Waals surface area contributed by atoms with Crippen LogP contribution in [0.4, 0.5) is 0 Å². The summed E-state index contributed by atoms with van der Waals surface area (Å²) >= 11 is 0. The lowest BCUT2D eigenvalue weighted by Gasteiger charge is -2.48. The molecule has 0 heterocycles. The number of aliphatic hydroxyl groups excluding tert-OH is 3. The molecule has 2 saturated carbocycles. The van der Waals surface area contributed by atoms with Gasteiger partial charge in [-0.15, -0.1) is 0 Å². The summed E-state index contributed by atoms with van der Waals surface area (Å²) in [5.41, 5.74) is 0.0541. The van der Waals surface area contributed by atoms with Crippen molar-refractivity contribution in [3.05, 3.63) is 0 Å². The molecule has 0 saturated heterocycles. The largest absolute Gasteiger partial charge is 0.463 e. The van der Waals surface area contributed by atoms with Gasteiger partial charge >= 0.3 is 5.97 Å². The normalized spacial score (nSPS) is 33.7. The van der Waals surface area contributed by atoms with Gasteiger partial charge in [-0.3, -0.25) is 4.79 Å². The minimum Gasteiger partial charge on any atom is -0.463 e. The average molecular weight is 342 g/mol. The van der Waals surface area contributed by atoms with E-state index in [0.717, 1.165) is 57.8 Å². The van der Waals surface area contributed by atoms with Gasteiger partial charge in [-0.25, -0.2) is 0 Å². The second-order valence-corrected chi connectivity index (χ2v) is 7.96. The number of carbonyl (C=O) groups is 1. The Morgan fingerprint density at radius 3 is 1.83 bits per heavy atom. The van der Waals surface area contributed by atoms with Crippen LogP contribution in [0.25, 0.3) is 0 Å². The molecule has 0 atom stereocenters. The number of hydrogen-bond donors (Lipinski definition) is 3. The lowest BCUT2D eigenvalue weighted by atomic mass is 9.57. The summed E-state index contributed by atoms with van der Waals surface area (Å²) in [5, 5.41) is 28.4. The Bertz CT molecular complexity index is 359. The summed E-state index contributed by atoms with van der Waals surface area (Å²) in [7, 11) is 0. The number of esters is 1. The summed E-state index contributed by atoms with van der Waals surface area (Å²) in [5.74, 6) is 0.806. The van der Waals surface area contributed by atoms with Crippen LogP contribution in [-0.4, -0.2) is 46.7 Å². The van der Waals surface area contributed by atoms with Crippen LogP contribution < -0.4 is 0 Å². The quantitative estimate of drug-likeness (QED) is 0.619. The van der Waals surface area contributed by atoms with Gasteiger partial charge in [0.1, 0.15) is 6.61 Å². The molecule has 2 fully saturated rings. The van der Waals surface area contributed by atoms with Crippen molar-refractivity contribution in [2.75, 3.05) is 13.2 Å². The van der Waals surface area contributed by atoms with Crippen molar-refractivity contribution >= 4 is 5.97 Å². The maximum Gasteiger partial charge on any atom is 0.305 e. The Kier molecular flexibility index (Phi) is 7.51. The Morgan fingerprint density at radius 1 is 0.958 bits per heavy atom. The highest BCUT2D eigenvalue weighted by Crippen LogP contribution is 2.51. The van der Waals surface area contributed by atoms with E-state index in [2.05, 4.69) is 6.92 Å². The molecule has 0 unspecified atom stereocenters. The van der Waals surface area contributed by atoms with E-state index in [1.807, 2.05) is 0 Å².